The van der Waals surface area contributed by atoms with Crippen LogP contribution in [0.1, 0.15) is 43.6 Å². The predicted molar refractivity (Wildman–Crippen MR) is 121 cm³/mol. The molecule has 0 radical (unpaired) electrons. The van der Waals surface area contributed by atoms with E-state index in [9.17, 15) is 9.59 Å². The Kier molecular flexibility index (Phi) is 5.46. The Morgan fingerprint density at radius 2 is 2.12 bits per heavy atom. The number of imidazole rings is 1. The van der Waals surface area contributed by atoms with Gasteiger partial charge in [0, 0.05) is 30.5 Å². The second kappa shape index (κ2) is 8.43. The normalized spacial score (nSPS) is 20.9. The Bertz CT molecular complexity index is 1210. The van der Waals surface area contributed by atoms with E-state index < -0.39 is 0 Å². The van der Waals surface area contributed by atoms with Crippen LogP contribution in [0.2, 0.25) is 0 Å². The first kappa shape index (κ1) is 20.8. The molecule has 8 heteroatoms. The Labute approximate surface area is 186 Å². The Morgan fingerprint density at radius 1 is 1.25 bits per heavy atom. The van der Waals surface area contributed by atoms with Crippen molar-refractivity contribution in [3.63, 3.8) is 0 Å². The van der Waals surface area contributed by atoms with Crippen LogP contribution in [0.25, 0.3) is 11.0 Å². The number of amides is 1. The van der Waals surface area contributed by atoms with Gasteiger partial charge in [0.25, 0.3) is 5.56 Å². The van der Waals surface area contributed by atoms with Crippen LogP contribution in [0.3, 0.4) is 0 Å². The number of methoxy groups -OCH3 is 1. The van der Waals surface area contributed by atoms with Crippen molar-refractivity contribution in [3.05, 3.63) is 58.3 Å². The van der Waals surface area contributed by atoms with Crippen molar-refractivity contribution in [2.24, 2.45) is 0 Å². The fraction of sp³-hybridized carbons (Fsp3) is 0.458. The van der Waals surface area contributed by atoms with Gasteiger partial charge in [-0.25, -0.2) is 9.78 Å². The Hall–Kier alpha value is -3.13. The van der Waals surface area contributed by atoms with Crippen molar-refractivity contribution in [1.29, 1.82) is 0 Å². The maximum atomic E-state index is 12.5. The van der Waals surface area contributed by atoms with Gasteiger partial charge in [0.15, 0.2) is 0 Å². The maximum absolute atomic E-state index is 12.5. The van der Waals surface area contributed by atoms with E-state index in [-0.39, 0.29) is 23.7 Å². The van der Waals surface area contributed by atoms with Crippen LogP contribution in [0.5, 0.6) is 0 Å². The van der Waals surface area contributed by atoms with Crippen molar-refractivity contribution in [1.82, 2.24) is 14.1 Å². The molecule has 32 heavy (non-hydrogen) atoms. The molecule has 2 atom stereocenters. The first-order chi connectivity index (χ1) is 15.6. The van der Waals surface area contributed by atoms with Gasteiger partial charge in [0.05, 0.1) is 43.0 Å². The molecular formula is C24H28N4O4. The lowest BCUT2D eigenvalue weighted by Crippen LogP contribution is -2.42. The number of hydrogen-bond acceptors (Lipinski definition) is 5. The average Bonchev–Trinajstić information content (AvgIpc) is 3.18. The van der Waals surface area contributed by atoms with E-state index in [0.29, 0.717) is 13.2 Å². The lowest BCUT2D eigenvalue weighted by molar-refractivity contribution is 0.0594. The van der Waals surface area contributed by atoms with E-state index in [1.165, 1.54) is 7.11 Å². The summed E-state index contributed by atoms with van der Waals surface area (Å²) >= 11 is 0. The molecular weight excluding hydrogens is 408 g/mol. The van der Waals surface area contributed by atoms with Crippen LogP contribution < -0.4 is 10.5 Å². The highest BCUT2D eigenvalue weighted by Gasteiger charge is 2.32. The largest absolute Gasteiger partial charge is 0.452 e. The zero-order valence-electron chi connectivity index (χ0n) is 18.5. The van der Waals surface area contributed by atoms with Gasteiger partial charge < -0.3 is 18.6 Å². The molecule has 1 saturated heterocycles. The lowest BCUT2D eigenvalue weighted by atomic mass is 9.95. The Balaban J connectivity index is 1.68. The third kappa shape index (κ3) is 3.48. The number of aromatic nitrogens is 3. The van der Waals surface area contributed by atoms with Crippen molar-refractivity contribution < 1.29 is 14.3 Å². The number of rotatable bonds is 3. The molecule has 8 nitrogen and oxygen atoms in total. The minimum absolute atomic E-state index is 0.0567. The monoisotopic (exact) mass is 436 g/mol. The van der Waals surface area contributed by atoms with E-state index in [2.05, 4.69) is 4.57 Å². The highest BCUT2D eigenvalue weighted by molar-refractivity contribution is 5.95. The molecule has 5 rings (SSSR count). The number of anilines is 1. The van der Waals surface area contributed by atoms with Crippen LogP contribution in [-0.2, 0) is 22.4 Å². The van der Waals surface area contributed by atoms with Gasteiger partial charge in [0.1, 0.15) is 5.82 Å². The molecule has 0 saturated carbocycles. The molecule has 2 aliphatic rings. The fourth-order valence-corrected chi connectivity index (χ4v) is 5.01. The number of nitrogens with zero attached hydrogens (tertiary/aromatic N) is 4. The molecule has 0 aliphatic carbocycles. The van der Waals surface area contributed by atoms with Crippen LogP contribution in [0.4, 0.5) is 10.5 Å². The molecule has 0 bridgehead atoms. The average molecular weight is 437 g/mol. The van der Waals surface area contributed by atoms with Gasteiger partial charge >= 0.3 is 6.09 Å². The van der Waals surface area contributed by atoms with Crippen molar-refractivity contribution in [2.45, 2.75) is 51.2 Å². The number of ether oxygens (including phenoxy) is 2. The van der Waals surface area contributed by atoms with Crippen molar-refractivity contribution >= 4 is 22.8 Å². The van der Waals surface area contributed by atoms with Crippen LogP contribution in [0, 0.1) is 0 Å². The van der Waals surface area contributed by atoms with Crippen LogP contribution >= 0.6 is 0 Å². The Morgan fingerprint density at radius 3 is 2.88 bits per heavy atom. The van der Waals surface area contributed by atoms with Gasteiger partial charge in [-0.1, -0.05) is 6.07 Å². The number of benzene rings is 1. The third-order valence-electron chi connectivity index (χ3n) is 6.61. The molecule has 4 heterocycles. The van der Waals surface area contributed by atoms with Gasteiger partial charge in [-0.2, -0.15) is 0 Å². The minimum atomic E-state index is -0.353. The topological polar surface area (TPSA) is 78.6 Å². The van der Waals surface area contributed by atoms with Crippen molar-refractivity contribution in [2.75, 3.05) is 25.2 Å². The SMILES string of the molecule is COC(=O)N1c2ccc3c(nc(Cn4ccccc4=O)n3[C@H]3CCCOC3)c2CC[C@@H]1C. The zero-order chi connectivity index (χ0) is 22.2. The molecule has 0 N–H and O–H groups in total. The summed E-state index contributed by atoms with van der Waals surface area (Å²) in [5, 5.41) is 0. The number of pyridine rings is 1. The molecule has 1 fully saturated rings. The maximum Gasteiger partial charge on any atom is 0.414 e. The first-order valence-corrected chi connectivity index (χ1v) is 11.2. The van der Waals surface area contributed by atoms with E-state index in [0.717, 1.165) is 60.4 Å². The molecule has 3 aromatic rings. The molecule has 1 aromatic carbocycles. The molecule has 0 spiro atoms. The molecule has 2 aliphatic heterocycles. The van der Waals surface area contributed by atoms with E-state index in [1.807, 2.05) is 25.1 Å². The van der Waals surface area contributed by atoms with E-state index in [1.54, 1.807) is 27.8 Å². The highest BCUT2D eigenvalue weighted by atomic mass is 16.5. The summed E-state index contributed by atoms with van der Waals surface area (Å²) < 4.78 is 14.8. The second-order valence-electron chi connectivity index (χ2n) is 8.59. The van der Waals surface area contributed by atoms with Crippen LogP contribution in [-0.4, -0.2) is 46.6 Å². The summed E-state index contributed by atoms with van der Waals surface area (Å²) in [4.78, 5) is 31.7. The molecule has 0 unspecified atom stereocenters. The quantitative estimate of drug-likeness (QED) is 0.628. The summed E-state index contributed by atoms with van der Waals surface area (Å²) in [6, 6.07) is 9.44. The summed E-state index contributed by atoms with van der Waals surface area (Å²) in [5.74, 6) is 0.834. The highest BCUT2D eigenvalue weighted by Crippen LogP contribution is 2.38. The number of fused-ring (bicyclic) bond motifs is 3. The summed E-state index contributed by atoms with van der Waals surface area (Å²) in [7, 11) is 1.41. The fourth-order valence-electron chi connectivity index (χ4n) is 5.01. The van der Waals surface area contributed by atoms with Gasteiger partial charge in [-0.05, 0) is 50.8 Å². The lowest BCUT2D eigenvalue weighted by Gasteiger charge is -2.34. The molecule has 168 valence electrons. The van der Waals surface area contributed by atoms with Crippen molar-refractivity contribution in [3.8, 4) is 0 Å². The summed E-state index contributed by atoms with van der Waals surface area (Å²) in [6.07, 6.45) is 5.12. The number of hydrogen-bond donors (Lipinski definition) is 0. The van der Waals surface area contributed by atoms with E-state index >= 15 is 0 Å². The van der Waals surface area contributed by atoms with E-state index in [4.69, 9.17) is 14.5 Å². The molecule has 2 aromatic heterocycles. The number of aryl methyl sites for hydroxylation is 1. The second-order valence-corrected chi connectivity index (χ2v) is 8.59. The summed E-state index contributed by atoms with van der Waals surface area (Å²) in [5.41, 5.74) is 3.78. The first-order valence-electron chi connectivity index (χ1n) is 11.2. The number of carbonyl (C=O) groups is 1. The van der Waals surface area contributed by atoms with Crippen LogP contribution in [0.15, 0.2) is 41.3 Å². The van der Waals surface area contributed by atoms with Gasteiger partial charge in [-0.15, -0.1) is 0 Å². The smallest absolute Gasteiger partial charge is 0.414 e. The predicted octanol–water partition coefficient (Wildman–Crippen LogP) is 3.51. The van der Waals surface area contributed by atoms with Gasteiger partial charge in [-0.3, -0.25) is 9.69 Å². The molecule has 1 amide bonds. The minimum Gasteiger partial charge on any atom is -0.452 e. The standard InChI is InChI=1S/C24H28N4O4/c1-16-8-9-18-19(27(16)24(30)31-2)10-11-20-23(18)25-21(14-26-12-4-3-7-22(26)29)28(20)17-6-5-13-32-15-17/h3-4,7,10-12,16-17H,5-6,8-9,13-15H2,1-2H3/t16-,17-/m0/s1. The zero-order valence-corrected chi connectivity index (χ0v) is 18.5. The third-order valence-corrected chi connectivity index (χ3v) is 6.61. The number of carbonyl (C=O) groups excluding carboxylic acids is 1. The van der Waals surface area contributed by atoms with Gasteiger partial charge in [0.2, 0.25) is 0 Å². The summed E-state index contributed by atoms with van der Waals surface area (Å²) in [6.45, 7) is 3.83.